The van der Waals surface area contributed by atoms with Gasteiger partial charge in [0.1, 0.15) is 11.4 Å². The van der Waals surface area contributed by atoms with Gasteiger partial charge in [-0.15, -0.1) is 0 Å². The van der Waals surface area contributed by atoms with Crippen molar-refractivity contribution in [3.8, 4) is 0 Å². The van der Waals surface area contributed by atoms with Crippen LogP contribution in [0.2, 0.25) is 0 Å². The van der Waals surface area contributed by atoms with Gasteiger partial charge in [0, 0.05) is 24.4 Å². The van der Waals surface area contributed by atoms with E-state index < -0.39 is 5.60 Å². The predicted molar refractivity (Wildman–Crippen MR) is 75.0 cm³/mol. The summed E-state index contributed by atoms with van der Waals surface area (Å²) in [5.74, 6) is 0.202. The number of nitrogens with zero attached hydrogens (tertiary/aromatic N) is 1. The average molecular weight is 269 g/mol. The van der Waals surface area contributed by atoms with Crippen LogP contribution in [0.3, 0.4) is 0 Å². The zero-order valence-corrected chi connectivity index (χ0v) is 13.1. The Morgan fingerprint density at radius 2 is 1.74 bits per heavy atom. The number of amides is 1. The Morgan fingerprint density at radius 1 is 1.16 bits per heavy atom. The Balaban J connectivity index is 2.64. The van der Waals surface area contributed by atoms with Crippen molar-refractivity contribution in [3.05, 3.63) is 0 Å². The predicted octanol–water partition coefficient (Wildman–Crippen LogP) is 3.39. The Hall–Kier alpha value is -1.06. The van der Waals surface area contributed by atoms with Gasteiger partial charge in [0.15, 0.2) is 0 Å². The van der Waals surface area contributed by atoms with E-state index in [-0.39, 0.29) is 23.3 Å². The zero-order valence-electron chi connectivity index (χ0n) is 13.1. The van der Waals surface area contributed by atoms with Crippen LogP contribution in [0.1, 0.15) is 60.8 Å². The zero-order chi connectivity index (χ0) is 14.8. The molecule has 0 aromatic carbocycles. The first-order valence-electron chi connectivity index (χ1n) is 7.03. The molecule has 110 valence electrons. The first-order chi connectivity index (χ1) is 8.50. The third kappa shape index (κ3) is 4.84. The summed E-state index contributed by atoms with van der Waals surface area (Å²) in [6.45, 7) is 12.0. The first kappa shape index (κ1) is 16.0. The van der Waals surface area contributed by atoms with E-state index in [0.29, 0.717) is 13.0 Å². The van der Waals surface area contributed by atoms with Gasteiger partial charge in [-0.2, -0.15) is 0 Å². The maximum atomic E-state index is 12.1. The van der Waals surface area contributed by atoms with Gasteiger partial charge < -0.3 is 9.64 Å². The maximum Gasteiger partial charge on any atom is 0.410 e. The molecular formula is C15H27NO3. The molecule has 1 aliphatic rings. The van der Waals surface area contributed by atoms with E-state index in [4.69, 9.17) is 4.74 Å². The SMILES string of the molecule is CC(C)(C)OC(=O)N1CCCC1CC(=O)C(C)(C)C. The normalized spacial score (nSPS) is 20.5. The van der Waals surface area contributed by atoms with E-state index in [9.17, 15) is 9.59 Å². The number of hydrogen-bond donors (Lipinski definition) is 0. The van der Waals surface area contributed by atoms with Crippen molar-refractivity contribution in [1.82, 2.24) is 4.90 Å². The Labute approximate surface area is 116 Å². The molecule has 0 N–H and O–H groups in total. The van der Waals surface area contributed by atoms with Crippen LogP contribution >= 0.6 is 0 Å². The standard InChI is InChI=1S/C15H27NO3/c1-14(2,3)12(17)10-11-8-7-9-16(11)13(18)19-15(4,5)6/h11H,7-10H2,1-6H3. The molecule has 0 aromatic heterocycles. The molecule has 4 nitrogen and oxygen atoms in total. The minimum absolute atomic E-state index is 0.00146. The van der Waals surface area contributed by atoms with Gasteiger partial charge in [-0.25, -0.2) is 4.79 Å². The topological polar surface area (TPSA) is 46.6 Å². The minimum Gasteiger partial charge on any atom is -0.444 e. The van der Waals surface area contributed by atoms with E-state index in [1.54, 1.807) is 4.90 Å². The molecule has 1 heterocycles. The summed E-state index contributed by atoms with van der Waals surface area (Å²) in [6.07, 6.45) is 1.97. The summed E-state index contributed by atoms with van der Waals surface area (Å²) in [6, 6.07) is 0.00146. The van der Waals surface area contributed by atoms with Crippen molar-refractivity contribution in [2.45, 2.75) is 72.4 Å². The third-order valence-corrected chi connectivity index (χ3v) is 3.26. The number of likely N-dealkylation sites (tertiary alicyclic amines) is 1. The highest BCUT2D eigenvalue weighted by atomic mass is 16.6. The second-order valence-corrected chi connectivity index (χ2v) is 7.35. The van der Waals surface area contributed by atoms with Crippen molar-refractivity contribution in [2.75, 3.05) is 6.54 Å². The van der Waals surface area contributed by atoms with Gasteiger partial charge in [-0.05, 0) is 33.6 Å². The molecule has 1 rings (SSSR count). The second-order valence-electron chi connectivity index (χ2n) is 7.35. The molecule has 4 heteroatoms. The quantitative estimate of drug-likeness (QED) is 0.772. The number of carbonyl (C=O) groups is 2. The molecule has 1 fully saturated rings. The van der Waals surface area contributed by atoms with Crippen LogP contribution in [0.15, 0.2) is 0 Å². The molecule has 1 aliphatic heterocycles. The average Bonchev–Trinajstić information content (AvgIpc) is 2.61. The van der Waals surface area contributed by atoms with Crippen LogP contribution in [0.4, 0.5) is 4.79 Å². The van der Waals surface area contributed by atoms with Crippen LogP contribution in [-0.4, -0.2) is 35.0 Å². The van der Waals surface area contributed by atoms with Crippen LogP contribution in [-0.2, 0) is 9.53 Å². The number of carbonyl (C=O) groups excluding carboxylic acids is 2. The summed E-state index contributed by atoms with van der Waals surface area (Å²) in [5, 5.41) is 0. The molecule has 0 aromatic rings. The van der Waals surface area contributed by atoms with Gasteiger partial charge in [0.2, 0.25) is 0 Å². The molecule has 1 saturated heterocycles. The summed E-state index contributed by atoms with van der Waals surface area (Å²) in [4.78, 5) is 25.9. The highest BCUT2D eigenvalue weighted by molar-refractivity contribution is 5.84. The van der Waals surface area contributed by atoms with Crippen molar-refractivity contribution in [1.29, 1.82) is 0 Å². The summed E-state index contributed by atoms with van der Waals surface area (Å²) < 4.78 is 5.39. The molecule has 0 spiro atoms. The minimum atomic E-state index is -0.488. The van der Waals surface area contributed by atoms with Gasteiger partial charge >= 0.3 is 6.09 Å². The summed E-state index contributed by atoms with van der Waals surface area (Å²) in [5.41, 5.74) is -0.833. The van der Waals surface area contributed by atoms with Gasteiger partial charge in [0.25, 0.3) is 0 Å². The number of ether oxygens (including phenoxy) is 1. The molecule has 1 atom stereocenters. The number of ketones is 1. The molecule has 1 unspecified atom stereocenters. The number of Topliss-reactive ketones (excluding diaryl/α,β-unsaturated/α-hetero) is 1. The molecule has 0 radical (unpaired) electrons. The largest absolute Gasteiger partial charge is 0.444 e. The van der Waals surface area contributed by atoms with E-state index in [1.807, 2.05) is 41.5 Å². The summed E-state index contributed by atoms with van der Waals surface area (Å²) in [7, 11) is 0. The van der Waals surface area contributed by atoms with E-state index >= 15 is 0 Å². The lowest BCUT2D eigenvalue weighted by molar-refractivity contribution is -0.127. The lowest BCUT2D eigenvalue weighted by Crippen LogP contribution is -2.41. The molecular weight excluding hydrogens is 242 g/mol. The van der Waals surface area contributed by atoms with Crippen molar-refractivity contribution >= 4 is 11.9 Å². The number of hydrogen-bond acceptors (Lipinski definition) is 3. The molecule has 0 saturated carbocycles. The van der Waals surface area contributed by atoms with Gasteiger partial charge in [-0.1, -0.05) is 20.8 Å². The Morgan fingerprint density at radius 3 is 2.21 bits per heavy atom. The van der Waals surface area contributed by atoms with Crippen LogP contribution in [0.5, 0.6) is 0 Å². The fraction of sp³-hybridized carbons (Fsp3) is 0.867. The Kier molecular flexibility index (Phi) is 4.64. The fourth-order valence-electron chi connectivity index (χ4n) is 2.13. The number of rotatable bonds is 2. The lowest BCUT2D eigenvalue weighted by atomic mass is 9.86. The highest BCUT2D eigenvalue weighted by Crippen LogP contribution is 2.27. The third-order valence-electron chi connectivity index (χ3n) is 3.26. The first-order valence-corrected chi connectivity index (χ1v) is 7.03. The fourth-order valence-corrected chi connectivity index (χ4v) is 2.13. The molecule has 0 bridgehead atoms. The summed E-state index contributed by atoms with van der Waals surface area (Å²) >= 11 is 0. The van der Waals surface area contributed by atoms with Crippen molar-refractivity contribution in [2.24, 2.45) is 5.41 Å². The Bertz CT molecular complexity index is 349. The maximum absolute atomic E-state index is 12.1. The smallest absolute Gasteiger partial charge is 0.410 e. The van der Waals surface area contributed by atoms with Crippen LogP contribution in [0, 0.1) is 5.41 Å². The van der Waals surface area contributed by atoms with E-state index in [2.05, 4.69) is 0 Å². The van der Waals surface area contributed by atoms with Gasteiger partial charge in [0.05, 0.1) is 0 Å². The van der Waals surface area contributed by atoms with Crippen LogP contribution < -0.4 is 0 Å². The van der Waals surface area contributed by atoms with Gasteiger partial charge in [-0.3, -0.25) is 4.79 Å². The van der Waals surface area contributed by atoms with Crippen molar-refractivity contribution in [3.63, 3.8) is 0 Å². The lowest BCUT2D eigenvalue weighted by Gasteiger charge is -2.29. The monoisotopic (exact) mass is 269 g/mol. The second kappa shape index (κ2) is 5.51. The van der Waals surface area contributed by atoms with Crippen LogP contribution in [0.25, 0.3) is 0 Å². The molecule has 19 heavy (non-hydrogen) atoms. The molecule has 1 amide bonds. The molecule has 0 aliphatic carbocycles. The van der Waals surface area contributed by atoms with E-state index in [0.717, 1.165) is 12.8 Å². The van der Waals surface area contributed by atoms with E-state index in [1.165, 1.54) is 0 Å². The highest BCUT2D eigenvalue weighted by Gasteiger charge is 2.35. The van der Waals surface area contributed by atoms with Crippen molar-refractivity contribution < 1.29 is 14.3 Å².